The predicted octanol–water partition coefficient (Wildman–Crippen LogP) is 2.04. The summed E-state index contributed by atoms with van der Waals surface area (Å²) < 4.78 is 29.4. The maximum atomic E-state index is 11.8. The number of likely N-dealkylation sites (N-methyl/N-ethyl adjacent to an activating group) is 1. The van der Waals surface area contributed by atoms with Crippen molar-refractivity contribution >= 4 is 26.6 Å². The number of sulfone groups is 1. The average molecular weight is 335 g/mol. The summed E-state index contributed by atoms with van der Waals surface area (Å²) in [4.78, 5) is 10.9. The Hall–Kier alpha value is -1.73. The molecule has 7 heteroatoms. The van der Waals surface area contributed by atoms with Gasteiger partial charge in [0, 0.05) is 31.8 Å². The molecule has 1 saturated heterocycles. The van der Waals surface area contributed by atoms with E-state index in [9.17, 15) is 8.42 Å². The summed E-state index contributed by atoms with van der Waals surface area (Å²) in [6, 6.07) is 4.96. The van der Waals surface area contributed by atoms with Crippen molar-refractivity contribution in [3.8, 4) is 0 Å². The molecule has 1 aromatic heterocycles. The molecule has 1 aromatic carbocycles. The number of benzene rings is 1. The summed E-state index contributed by atoms with van der Waals surface area (Å²) in [5.41, 5.74) is 0.735. The normalized spacial score (nSPS) is 19.0. The van der Waals surface area contributed by atoms with E-state index >= 15 is 0 Å². The van der Waals surface area contributed by atoms with Crippen molar-refractivity contribution in [3.63, 3.8) is 0 Å². The minimum Gasteiger partial charge on any atom is -0.376 e. The van der Waals surface area contributed by atoms with Gasteiger partial charge in [0.05, 0.1) is 16.5 Å². The minimum atomic E-state index is -3.26. The number of hydrogen-bond donors (Lipinski definition) is 0. The Morgan fingerprint density at radius 3 is 2.83 bits per heavy atom. The van der Waals surface area contributed by atoms with Crippen molar-refractivity contribution in [1.29, 1.82) is 0 Å². The molecule has 6 nitrogen and oxygen atoms in total. The maximum absolute atomic E-state index is 11.8. The first-order valence-electron chi connectivity index (χ1n) is 7.73. The van der Waals surface area contributed by atoms with Gasteiger partial charge < -0.3 is 9.64 Å². The first kappa shape index (κ1) is 16.1. The van der Waals surface area contributed by atoms with Gasteiger partial charge in [0.1, 0.15) is 12.1 Å². The van der Waals surface area contributed by atoms with Gasteiger partial charge >= 0.3 is 0 Å². The van der Waals surface area contributed by atoms with Gasteiger partial charge in [-0.1, -0.05) is 0 Å². The van der Waals surface area contributed by atoms with Crippen molar-refractivity contribution in [3.05, 3.63) is 24.5 Å². The van der Waals surface area contributed by atoms with Crippen LogP contribution in [0.2, 0.25) is 0 Å². The molecule has 1 atom stereocenters. The third-order valence-electron chi connectivity index (χ3n) is 4.13. The Balaban J connectivity index is 1.95. The fourth-order valence-corrected chi connectivity index (χ4v) is 3.55. The third kappa shape index (κ3) is 3.61. The number of nitrogens with zero attached hydrogens (tertiary/aromatic N) is 3. The Morgan fingerprint density at radius 1 is 1.30 bits per heavy atom. The summed E-state index contributed by atoms with van der Waals surface area (Å²) in [7, 11) is -1.31. The van der Waals surface area contributed by atoms with E-state index in [0.717, 1.165) is 42.7 Å². The lowest BCUT2D eigenvalue weighted by atomic mass is 10.1. The Labute approximate surface area is 136 Å². The predicted molar refractivity (Wildman–Crippen MR) is 89.5 cm³/mol. The lowest BCUT2D eigenvalue weighted by molar-refractivity contribution is 0.0215. The van der Waals surface area contributed by atoms with E-state index in [4.69, 9.17) is 4.74 Å². The molecule has 124 valence electrons. The van der Waals surface area contributed by atoms with Gasteiger partial charge in [0.25, 0.3) is 0 Å². The number of fused-ring (bicyclic) bond motifs is 1. The van der Waals surface area contributed by atoms with E-state index in [1.165, 1.54) is 19.0 Å². The van der Waals surface area contributed by atoms with Crippen LogP contribution in [0.15, 0.2) is 29.4 Å². The van der Waals surface area contributed by atoms with Gasteiger partial charge in [0.2, 0.25) is 0 Å². The fourth-order valence-electron chi connectivity index (χ4n) is 2.90. The standard InChI is InChI=1S/C16H21N3O3S/c1-19(10-12-5-3-4-8-22-12)16-14-9-13(23(2,20)21)6-7-15(14)17-11-18-16/h6-7,9,11-12H,3-5,8,10H2,1-2H3. The van der Waals surface area contributed by atoms with Crippen LogP contribution >= 0.6 is 0 Å². The summed E-state index contributed by atoms with van der Waals surface area (Å²) in [6.45, 7) is 1.54. The highest BCUT2D eigenvalue weighted by Crippen LogP contribution is 2.26. The van der Waals surface area contributed by atoms with Gasteiger partial charge in [-0.05, 0) is 37.5 Å². The van der Waals surface area contributed by atoms with Crippen molar-refractivity contribution in [1.82, 2.24) is 9.97 Å². The number of hydrogen-bond acceptors (Lipinski definition) is 6. The molecule has 0 bridgehead atoms. The molecule has 1 fully saturated rings. The number of aromatic nitrogens is 2. The lowest BCUT2D eigenvalue weighted by Gasteiger charge is -2.28. The first-order chi connectivity index (χ1) is 10.9. The van der Waals surface area contributed by atoms with Crippen molar-refractivity contribution in [2.75, 3.05) is 31.4 Å². The zero-order chi connectivity index (χ0) is 16.4. The molecule has 0 amide bonds. The lowest BCUT2D eigenvalue weighted by Crippen LogP contribution is -2.33. The summed E-state index contributed by atoms with van der Waals surface area (Å²) in [6.07, 6.45) is 6.25. The monoisotopic (exact) mass is 335 g/mol. The third-order valence-corrected chi connectivity index (χ3v) is 5.24. The molecular formula is C16H21N3O3S. The molecule has 0 aliphatic carbocycles. The minimum absolute atomic E-state index is 0.192. The largest absolute Gasteiger partial charge is 0.376 e. The quantitative estimate of drug-likeness (QED) is 0.851. The molecule has 23 heavy (non-hydrogen) atoms. The maximum Gasteiger partial charge on any atom is 0.175 e. The Kier molecular flexibility index (Phi) is 4.50. The summed E-state index contributed by atoms with van der Waals surface area (Å²) in [5.74, 6) is 0.731. The molecule has 0 radical (unpaired) electrons. The van der Waals surface area contributed by atoms with Crippen molar-refractivity contribution in [2.24, 2.45) is 0 Å². The average Bonchev–Trinajstić information content (AvgIpc) is 2.54. The molecular weight excluding hydrogens is 314 g/mol. The second-order valence-corrected chi connectivity index (χ2v) is 8.03. The van der Waals surface area contributed by atoms with Crippen molar-refractivity contribution < 1.29 is 13.2 Å². The summed E-state index contributed by atoms with van der Waals surface area (Å²) in [5, 5.41) is 0.744. The van der Waals surface area contributed by atoms with Gasteiger partial charge in [-0.3, -0.25) is 0 Å². The highest BCUT2D eigenvalue weighted by atomic mass is 32.2. The van der Waals surface area contributed by atoms with E-state index < -0.39 is 9.84 Å². The zero-order valence-electron chi connectivity index (χ0n) is 13.4. The van der Waals surface area contributed by atoms with E-state index in [2.05, 4.69) is 9.97 Å². The van der Waals surface area contributed by atoms with E-state index in [0.29, 0.717) is 0 Å². The van der Waals surface area contributed by atoms with Crippen LogP contribution in [-0.4, -0.2) is 50.9 Å². The number of rotatable bonds is 4. The van der Waals surface area contributed by atoms with Crippen LogP contribution in [-0.2, 0) is 14.6 Å². The molecule has 2 aromatic rings. The van der Waals surface area contributed by atoms with E-state index in [1.54, 1.807) is 18.2 Å². The molecule has 1 unspecified atom stereocenters. The molecule has 2 heterocycles. The molecule has 1 aliphatic heterocycles. The second kappa shape index (κ2) is 6.41. The molecule has 1 aliphatic rings. The Morgan fingerprint density at radius 2 is 2.13 bits per heavy atom. The molecule has 0 saturated carbocycles. The van der Waals surface area contributed by atoms with Crippen LogP contribution in [0.25, 0.3) is 10.9 Å². The molecule has 3 rings (SSSR count). The highest BCUT2D eigenvalue weighted by molar-refractivity contribution is 7.90. The second-order valence-electron chi connectivity index (χ2n) is 6.02. The van der Waals surface area contributed by atoms with Crippen LogP contribution in [0.1, 0.15) is 19.3 Å². The van der Waals surface area contributed by atoms with Crippen LogP contribution in [0.3, 0.4) is 0 Å². The van der Waals surface area contributed by atoms with Crippen LogP contribution < -0.4 is 4.90 Å². The Bertz CT molecular complexity index is 801. The highest BCUT2D eigenvalue weighted by Gasteiger charge is 2.19. The van der Waals surface area contributed by atoms with Crippen molar-refractivity contribution in [2.45, 2.75) is 30.3 Å². The van der Waals surface area contributed by atoms with Crippen LogP contribution in [0, 0.1) is 0 Å². The van der Waals surface area contributed by atoms with Crippen LogP contribution in [0.5, 0.6) is 0 Å². The summed E-state index contributed by atoms with van der Waals surface area (Å²) >= 11 is 0. The SMILES string of the molecule is CN(CC1CCCCO1)c1ncnc2ccc(S(C)(=O)=O)cc12. The van der Waals surface area contributed by atoms with Gasteiger partial charge in [-0.2, -0.15) is 0 Å². The van der Waals surface area contributed by atoms with E-state index in [1.807, 2.05) is 11.9 Å². The first-order valence-corrected chi connectivity index (χ1v) is 9.62. The fraction of sp³-hybridized carbons (Fsp3) is 0.500. The smallest absolute Gasteiger partial charge is 0.175 e. The topological polar surface area (TPSA) is 72.4 Å². The van der Waals surface area contributed by atoms with Gasteiger partial charge in [0.15, 0.2) is 9.84 Å². The molecule has 0 N–H and O–H groups in total. The van der Waals surface area contributed by atoms with Gasteiger partial charge in [-0.15, -0.1) is 0 Å². The van der Waals surface area contributed by atoms with Gasteiger partial charge in [-0.25, -0.2) is 18.4 Å². The number of anilines is 1. The van der Waals surface area contributed by atoms with E-state index in [-0.39, 0.29) is 11.0 Å². The molecule has 0 spiro atoms. The number of ether oxygens (including phenoxy) is 1. The zero-order valence-corrected chi connectivity index (χ0v) is 14.2. The van der Waals surface area contributed by atoms with Crippen LogP contribution in [0.4, 0.5) is 5.82 Å².